The minimum absolute atomic E-state index is 0.492. The summed E-state index contributed by atoms with van der Waals surface area (Å²) in [6.45, 7) is 3.10. The lowest BCUT2D eigenvalue weighted by Gasteiger charge is -2.19. The lowest BCUT2D eigenvalue weighted by atomic mass is 10.1. The first-order valence-corrected chi connectivity index (χ1v) is 5.72. The Labute approximate surface area is 90.2 Å². The van der Waals surface area contributed by atoms with Crippen molar-refractivity contribution < 1.29 is 0 Å². The number of aryl methyl sites for hydroxylation is 1. The highest BCUT2D eigenvalue weighted by Crippen LogP contribution is 2.10. The molecule has 4 heteroatoms. The van der Waals surface area contributed by atoms with Gasteiger partial charge in [-0.25, -0.2) is 4.98 Å². The molecule has 80 valence electrons. The lowest BCUT2D eigenvalue weighted by Crippen LogP contribution is -2.37. The lowest BCUT2D eigenvalue weighted by molar-refractivity contribution is 0.345. The van der Waals surface area contributed by atoms with Crippen LogP contribution in [0.2, 0.25) is 0 Å². The summed E-state index contributed by atoms with van der Waals surface area (Å²) in [7, 11) is 6.20. The van der Waals surface area contributed by atoms with E-state index < -0.39 is 0 Å². The Bertz CT molecular complexity index is 270. The summed E-state index contributed by atoms with van der Waals surface area (Å²) in [4.78, 5) is 6.66. The molecule has 0 saturated carbocycles. The number of likely N-dealkylation sites (N-methyl/N-ethyl adjacent to an activating group) is 2. The monoisotopic (exact) mass is 213 g/mol. The van der Waals surface area contributed by atoms with E-state index in [0.29, 0.717) is 6.04 Å². The molecule has 1 aromatic heterocycles. The first kappa shape index (κ1) is 11.6. The van der Waals surface area contributed by atoms with E-state index >= 15 is 0 Å². The third-order valence-electron chi connectivity index (χ3n) is 2.12. The zero-order chi connectivity index (χ0) is 10.6. The SMILES string of the molecule is CNC(Cc1csc(C)n1)CN(C)C. The van der Waals surface area contributed by atoms with Crippen molar-refractivity contribution in [3.8, 4) is 0 Å². The van der Waals surface area contributed by atoms with E-state index in [4.69, 9.17) is 0 Å². The Hall–Kier alpha value is -0.450. The average molecular weight is 213 g/mol. The van der Waals surface area contributed by atoms with E-state index in [1.165, 1.54) is 5.69 Å². The Kier molecular flexibility index (Phi) is 4.51. The molecule has 1 atom stereocenters. The van der Waals surface area contributed by atoms with Gasteiger partial charge in [-0.05, 0) is 28.1 Å². The smallest absolute Gasteiger partial charge is 0.0897 e. The molecule has 0 radical (unpaired) electrons. The van der Waals surface area contributed by atoms with Crippen LogP contribution in [0.25, 0.3) is 0 Å². The van der Waals surface area contributed by atoms with Gasteiger partial charge in [0.2, 0.25) is 0 Å². The van der Waals surface area contributed by atoms with Crippen LogP contribution in [0.4, 0.5) is 0 Å². The largest absolute Gasteiger partial charge is 0.315 e. The molecule has 1 heterocycles. The molecule has 0 aliphatic rings. The molecule has 0 bridgehead atoms. The maximum absolute atomic E-state index is 4.47. The zero-order valence-electron chi connectivity index (χ0n) is 9.37. The highest BCUT2D eigenvalue weighted by atomic mass is 32.1. The fraction of sp³-hybridized carbons (Fsp3) is 0.700. The van der Waals surface area contributed by atoms with E-state index in [1.54, 1.807) is 11.3 Å². The van der Waals surface area contributed by atoms with Gasteiger partial charge < -0.3 is 10.2 Å². The summed E-state index contributed by atoms with van der Waals surface area (Å²) in [5.41, 5.74) is 1.20. The van der Waals surface area contributed by atoms with Crippen molar-refractivity contribution in [3.63, 3.8) is 0 Å². The molecule has 0 spiro atoms. The van der Waals surface area contributed by atoms with Crippen LogP contribution in [0, 0.1) is 6.92 Å². The number of hydrogen-bond acceptors (Lipinski definition) is 4. The Morgan fingerprint density at radius 1 is 1.57 bits per heavy atom. The number of hydrogen-bond donors (Lipinski definition) is 1. The van der Waals surface area contributed by atoms with Gasteiger partial charge in [-0.2, -0.15) is 0 Å². The molecule has 0 aliphatic carbocycles. The van der Waals surface area contributed by atoms with Gasteiger partial charge in [-0.3, -0.25) is 0 Å². The van der Waals surface area contributed by atoms with Crippen molar-refractivity contribution in [2.24, 2.45) is 0 Å². The van der Waals surface area contributed by atoms with Gasteiger partial charge in [-0.15, -0.1) is 11.3 Å². The van der Waals surface area contributed by atoms with Crippen LogP contribution in [0.5, 0.6) is 0 Å². The van der Waals surface area contributed by atoms with Gasteiger partial charge >= 0.3 is 0 Å². The van der Waals surface area contributed by atoms with E-state index in [0.717, 1.165) is 18.0 Å². The summed E-state index contributed by atoms with van der Waals surface area (Å²) >= 11 is 1.72. The fourth-order valence-electron chi connectivity index (χ4n) is 1.45. The quantitative estimate of drug-likeness (QED) is 0.795. The van der Waals surface area contributed by atoms with Crippen LogP contribution in [0.15, 0.2) is 5.38 Å². The highest BCUT2D eigenvalue weighted by molar-refractivity contribution is 7.09. The van der Waals surface area contributed by atoms with E-state index in [1.807, 2.05) is 7.05 Å². The topological polar surface area (TPSA) is 28.2 Å². The molecule has 0 saturated heterocycles. The van der Waals surface area contributed by atoms with Crippen LogP contribution in [0.3, 0.4) is 0 Å². The maximum Gasteiger partial charge on any atom is 0.0897 e. The van der Waals surface area contributed by atoms with Crippen molar-refractivity contribution >= 4 is 11.3 Å². The van der Waals surface area contributed by atoms with Gasteiger partial charge in [-0.1, -0.05) is 0 Å². The Morgan fingerprint density at radius 2 is 2.29 bits per heavy atom. The van der Waals surface area contributed by atoms with Crippen molar-refractivity contribution in [2.45, 2.75) is 19.4 Å². The number of nitrogens with one attached hydrogen (secondary N) is 1. The third-order valence-corrected chi connectivity index (χ3v) is 2.94. The van der Waals surface area contributed by atoms with Crippen LogP contribution in [0.1, 0.15) is 10.7 Å². The number of rotatable bonds is 5. The molecule has 1 aromatic rings. The van der Waals surface area contributed by atoms with Gasteiger partial charge in [0, 0.05) is 24.4 Å². The van der Waals surface area contributed by atoms with Gasteiger partial charge in [0.25, 0.3) is 0 Å². The molecular weight excluding hydrogens is 194 g/mol. The highest BCUT2D eigenvalue weighted by Gasteiger charge is 2.09. The average Bonchev–Trinajstić information content (AvgIpc) is 2.49. The molecule has 14 heavy (non-hydrogen) atoms. The van der Waals surface area contributed by atoms with Crippen molar-refractivity contribution in [2.75, 3.05) is 27.7 Å². The summed E-state index contributed by atoms with van der Waals surface area (Å²) < 4.78 is 0. The molecule has 3 nitrogen and oxygen atoms in total. The maximum atomic E-state index is 4.47. The van der Waals surface area contributed by atoms with Gasteiger partial charge in [0.1, 0.15) is 0 Å². The van der Waals surface area contributed by atoms with Crippen LogP contribution < -0.4 is 5.32 Å². The number of thiazole rings is 1. The molecule has 0 amide bonds. The standard InChI is InChI=1S/C10H19N3S/c1-8-12-10(7-14-8)5-9(11-2)6-13(3)4/h7,9,11H,5-6H2,1-4H3. The zero-order valence-corrected chi connectivity index (χ0v) is 10.2. The molecule has 0 aromatic carbocycles. The third kappa shape index (κ3) is 3.74. The molecule has 0 fully saturated rings. The molecule has 1 unspecified atom stereocenters. The summed E-state index contributed by atoms with van der Waals surface area (Å²) in [5, 5.41) is 6.61. The second-order valence-corrected chi connectivity index (χ2v) is 4.87. The number of nitrogens with zero attached hydrogens (tertiary/aromatic N) is 2. The normalized spacial score (nSPS) is 13.5. The van der Waals surface area contributed by atoms with Crippen molar-refractivity contribution in [1.82, 2.24) is 15.2 Å². The molecule has 1 rings (SSSR count). The minimum Gasteiger partial charge on any atom is -0.315 e. The Balaban J connectivity index is 2.48. The summed E-state index contributed by atoms with van der Waals surface area (Å²) in [6.07, 6.45) is 1.01. The number of aromatic nitrogens is 1. The first-order valence-electron chi connectivity index (χ1n) is 4.85. The van der Waals surface area contributed by atoms with Crippen molar-refractivity contribution in [1.29, 1.82) is 0 Å². The van der Waals surface area contributed by atoms with Crippen molar-refractivity contribution in [3.05, 3.63) is 16.1 Å². The summed E-state index contributed by atoms with van der Waals surface area (Å²) in [6, 6.07) is 0.492. The van der Waals surface area contributed by atoms with E-state index in [9.17, 15) is 0 Å². The second kappa shape index (κ2) is 5.44. The first-order chi connectivity index (χ1) is 6.61. The van der Waals surface area contributed by atoms with Crippen LogP contribution in [-0.2, 0) is 6.42 Å². The van der Waals surface area contributed by atoms with E-state index in [2.05, 4.69) is 41.6 Å². The molecule has 1 N–H and O–H groups in total. The minimum atomic E-state index is 0.492. The van der Waals surface area contributed by atoms with Gasteiger partial charge in [0.05, 0.1) is 10.7 Å². The predicted octanol–water partition coefficient (Wildman–Crippen LogP) is 1.14. The molecule has 0 aliphatic heterocycles. The van der Waals surface area contributed by atoms with E-state index in [-0.39, 0.29) is 0 Å². The predicted molar refractivity (Wildman–Crippen MR) is 62.0 cm³/mol. The molecular formula is C10H19N3S. The van der Waals surface area contributed by atoms with Gasteiger partial charge in [0.15, 0.2) is 0 Å². The van der Waals surface area contributed by atoms with Crippen LogP contribution >= 0.6 is 11.3 Å². The Morgan fingerprint density at radius 3 is 2.71 bits per heavy atom. The van der Waals surface area contributed by atoms with Crippen LogP contribution in [-0.4, -0.2) is 43.6 Å². The second-order valence-electron chi connectivity index (χ2n) is 3.81. The fourth-order valence-corrected chi connectivity index (χ4v) is 2.08. The summed E-state index contributed by atoms with van der Waals surface area (Å²) in [5.74, 6) is 0.